The summed E-state index contributed by atoms with van der Waals surface area (Å²) in [6.45, 7) is -0.0835. The molecule has 0 saturated carbocycles. The van der Waals surface area contributed by atoms with E-state index in [1.165, 1.54) is 18.2 Å². The normalized spacial score (nSPS) is 11.4. The molecule has 0 aromatic heterocycles. The average Bonchev–Trinajstić information content (AvgIpc) is 2.42. The first kappa shape index (κ1) is 16.2. The third kappa shape index (κ3) is 3.74. The molecule has 0 fully saturated rings. The van der Waals surface area contributed by atoms with Gasteiger partial charge in [0, 0.05) is 21.6 Å². The van der Waals surface area contributed by atoms with Gasteiger partial charge < -0.3 is 5.73 Å². The molecule has 112 valence electrons. The average molecular weight is 394 g/mol. The quantitative estimate of drug-likeness (QED) is 0.835. The molecule has 0 amide bonds. The van der Waals surface area contributed by atoms with Crippen LogP contribution in [0.1, 0.15) is 5.56 Å². The SMILES string of the molecule is NCc1cc(S(=O)(=O)Nc2ccc(Cl)cc2Br)ccc1F. The van der Waals surface area contributed by atoms with Gasteiger partial charge in [-0.05, 0) is 52.3 Å². The van der Waals surface area contributed by atoms with Crippen molar-refractivity contribution in [2.24, 2.45) is 5.73 Å². The molecular weight excluding hydrogens is 383 g/mol. The zero-order valence-electron chi connectivity index (χ0n) is 10.6. The first-order valence-electron chi connectivity index (χ1n) is 5.80. The van der Waals surface area contributed by atoms with Gasteiger partial charge in [-0.1, -0.05) is 11.6 Å². The van der Waals surface area contributed by atoms with Gasteiger partial charge in [0.1, 0.15) is 5.82 Å². The van der Waals surface area contributed by atoms with Gasteiger partial charge in [-0.15, -0.1) is 0 Å². The molecule has 0 heterocycles. The zero-order chi connectivity index (χ0) is 15.6. The molecule has 0 atom stereocenters. The molecule has 0 aliphatic rings. The minimum atomic E-state index is -3.84. The molecule has 4 nitrogen and oxygen atoms in total. The molecule has 0 saturated heterocycles. The highest BCUT2D eigenvalue weighted by atomic mass is 79.9. The molecule has 0 radical (unpaired) electrons. The lowest BCUT2D eigenvalue weighted by Gasteiger charge is -2.11. The molecule has 0 aliphatic carbocycles. The van der Waals surface area contributed by atoms with Crippen LogP contribution < -0.4 is 10.5 Å². The van der Waals surface area contributed by atoms with Crippen LogP contribution >= 0.6 is 27.5 Å². The second-order valence-electron chi connectivity index (χ2n) is 4.19. The Morgan fingerprint density at radius 1 is 1.24 bits per heavy atom. The Hall–Kier alpha value is -1.15. The van der Waals surface area contributed by atoms with E-state index in [4.69, 9.17) is 17.3 Å². The van der Waals surface area contributed by atoms with Crippen LogP contribution in [0.25, 0.3) is 0 Å². The number of hydrogen-bond donors (Lipinski definition) is 2. The number of sulfonamides is 1. The zero-order valence-corrected chi connectivity index (χ0v) is 13.8. The van der Waals surface area contributed by atoms with Gasteiger partial charge in [0.25, 0.3) is 10.0 Å². The summed E-state index contributed by atoms with van der Waals surface area (Å²) in [6, 6.07) is 8.11. The number of hydrogen-bond acceptors (Lipinski definition) is 3. The van der Waals surface area contributed by atoms with Gasteiger partial charge in [0.2, 0.25) is 0 Å². The molecular formula is C13H11BrClFN2O2S. The molecule has 0 spiro atoms. The summed E-state index contributed by atoms with van der Waals surface area (Å²) in [5.41, 5.74) is 5.84. The van der Waals surface area contributed by atoms with Gasteiger partial charge in [-0.25, -0.2) is 12.8 Å². The summed E-state index contributed by atoms with van der Waals surface area (Å²) >= 11 is 9.02. The van der Waals surface area contributed by atoms with E-state index >= 15 is 0 Å². The van der Waals surface area contributed by atoms with Crippen molar-refractivity contribution in [3.8, 4) is 0 Å². The van der Waals surface area contributed by atoms with E-state index in [9.17, 15) is 12.8 Å². The Bertz CT molecular complexity index is 784. The van der Waals surface area contributed by atoms with Crippen molar-refractivity contribution in [3.63, 3.8) is 0 Å². The van der Waals surface area contributed by atoms with Gasteiger partial charge in [0.05, 0.1) is 10.6 Å². The van der Waals surface area contributed by atoms with E-state index in [2.05, 4.69) is 20.7 Å². The predicted octanol–water partition coefficient (Wildman–Crippen LogP) is 3.50. The fourth-order valence-electron chi connectivity index (χ4n) is 1.65. The predicted molar refractivity (Wildman–Crippen MR) is 84.3 cm³/mol. The Morgan fingerprint density at radius 2 is 1.95 bits per heavy atom. The Kier molecular flexibility index (Phi) is 4.88. The lowest BCUT2D eigenvalue weighted by molar-refractivity contribution is 0.596. The van der Waals surface area contributed by atoms with Crippen molar-refractivity contribution in [3.05, 3.63) is 57.3 Å². The summed E-state index contributed by atoms with van der Waals surface area (Å²) in [7, 11) is -3.84. The third-order valence-electron chi connectivity index (χ3n) is 2.72. The van der Waals surface area contributed by atoms with E-state index in [0.29, 0.717) is 15.2 Å². The topological polar surface area (TPSA) is 72.2 Å². The van der Waals surface area contributed by atoms with Gasteiger partial charge in [0.15, 0.2) is 0 Å². The smallest absolute Gasteiger partial charge is 0.261 e. The maximum atomic E-state index is 13.4. The summed E-state index contributed by atoms with van der Waals surface area (Å²) in [5.74, 6) is -0.538. The lowest BCUT2D eigenvalue weighted by Crippen LogP contribution is -2.14. The monoisotopic (exact) mass is 392 g/mol. The van der Waals surface area contributed by atoms with Gasteiger partial charge in [-0.2, -0.15) is 0 Å². The highest BCUT2D eigenvalue weighted by molar-refractivity contribution is 9.10. The minimum Gasteiger partial charge on any atom is -0.326 e. The Balaban J connectivity index is 2.38. The Labute approximate surface area is 135 Å². The number of anilines is 1. The first-order chi connectivity index (χ1) is 9.83. The minimum absolute atomic E-state index is 0.0637. The second-order valence-corrected chi connectivity index (χ2v) is 7.16. The molecule has 0 aliphatic heterocycles. The molecule has 0 bridgehead atoms. The molecule has 8 heteroatoms. The van der Waals surface area contributed by atoms with E-state index in [0.717, 1.165) is 6.07 Å². The van der Waals surface area contributed by atoms with Crippen LogP contribution in [0.4, 0.5) is 10.1 Å². The molecule has 3 N–H and O–H groups in total. The van der Waals surface area contributed by atoms with Crippen molar-refractivity contribution < 1.29 is 12.8 Å². The van der Waals surface area contributed by atoms with Crippen LogP contribution in [0.3, 0.4) is 0 Å². The number of halogens is 3. The Morgan fingerprint density at radius 3 is 2.57 bits per heavy atom. The summed E-state index contributed by atoms with van der Waals surface area (Å²) in [4.78, 5) is -0.0637. The highest BCUT2D eigenvalue weighted by Crippen LogP contribution is 2.28. The number of benzene rings is 2. The van der Waals surface area contributed by atoms with Crippen molar-refractivity contribution in [2.75, 3.05) is 4.72 Å². The number of nitrogens with one attached hydrogen (secondary N) is 1. The van der Waals surface area contributed by atoms with E-state index in [-0.39, 0.29) is 17.0 Å². The summed E-state index contributed by atoms with van der Waals surface area (Å²) in [6.07, 6.45) is 0. The van der Waals surface area contributed by atoms with Crippen LogP contribution in [-0.4, -0.2) is 8.42 Å². The molecule has 2 aromatic rings. The van der Waals surface area contributed by atoms with Crippen LogP contribution in [0, 0.1) is 5.82 Å². The summed E-state index contributed by atoms with van der Waals surface area (Å²) in [5, 5.41) is 0.469. The molecule has 2 rings (SSSR count). The third-order valence-corrected chi connectivity index (χ3v) is 4.98. The fourth-order valence-corrected chi connectivity index (χ4v) is 3.69. The van der Waals surface area contributed by atoms with E-state index in [1.807, 2.05) is 0 Å². The molecule has 2 aromatic carbocycles. The fraction of sp³-hybridized carbons (Fsp3) is 0.0769. The van der Waals surface area contributed by atoms with Gasteiger partial charge >= 0.3 is 0 Å². The van der Waals surface area contributed by atoms with Crippen LogP contribution in [0.5, 0.6) is 0 Å². The van der Waals surface area contributed by atoms with Gasteiger partial charge in [-0.3, -0.25) is 4.72 Å². The lowest BCUT2D eigenvalue weighted by atomic mass is 10.2. The second kappa shape index (κ2) is 6.31. The summed E-state index contributed by atoms with van der Waals surface area (Å²) < 4.78 is 40.9. The van der Waals surface area contributed by atoms with Crippen molar-refractivity contribution in [1.29, 1.82) is 0 Å². The van der Waals surface area contributed by atoms with Crippen LogP contribution in [-0.2, 0) is 16.6 Å². The first-order valence-corrected chi connectivity index (χ1v) is 8.45. The van der Waals surface area contributed by atoms with Crippen LogP contribution in [0.2, 0.25) is 5.02 Å². The maximum absolute atomic E-state index is 13.4. The van der Waals surface area contributed by atoms with Crippen molar-refractivity contribution >= 4 is 43.2 Å². The molecule has 21 heavy (non-hydrogen) atoms. The van der Waals surface area contributed by atoms with Crippen molar-refractivity contribution in [2.45, 2.75) is 11.4 Å². The standard InChI is InChI=1S/C13H11BrClFN2O2S/c14-11-6-9(15)1-4-13(11)18-21(19,20)10-2-3-12(16)8(5-10)7-17/h1-6,18H,7,17H2. The molecule has 0 unspecified atom stereocenters. The maximum Gasteiger partial charge on any atom is 0.261 e. The van der Waals surface area contributed by atoms with E-state index in [1.54, 1.807) is 12.1 Å². The highest BCUT2D eigenvalue weighted by Gasteiger charge is 2.17. The largest absolute Gasteiger partial charge is 0.326 e. The number of rotatable bonds is 4. The number of nitrogens with two attached hydrogens (primary N) is 1. The van der Waals surface area contributed by atoms with Crippen LogP contribution in [0.15, 0.2) is 45.8 Å². The van der Waals surface area contributed by atoms with Crippen molar-refractivity contribution in [1.82, 2.24) is 0 Å². The van der Waals surface area contributed by atoms with E-state index < -0.39 is 15.8 Å².